The van der Waals surface area contributed by atoms with E-state index in [0.717, 1.165) is 25.9 Å². The maximum atomic E-state index is 12.9. The number of carbonyl (C=O) groups excluding carboxylic acids is 1. The summed E-state index contributed by atoms with van der Waals surface area (Å²) in [4.78, 5) is 14.7. The van der Waals surface area contributed by atoms with Crippen LogP contribution in [-0.2, 0) is 10.0 Å². The van der Waals surface area contributed by atoms with E-state index in [2.05, 4.69) is 6.92 Å². The average Bonchev–Trinajstić information content (AvgIpc) is 2.68. The summed E-state index contributed by atoms with van der Waals surface area (Å²) in [6.07, 6.45) is 1.97. The number of hydrogen-bond donors (Lipinski definition) is 0. The maximum Gasteiger partial charge on any atom is 0.264 e. The van der Waals surface area contributed by atoms with Crippen LogP contribution in [0, 0.1) is 5.92 Å². The summed E-state index contributed by atoms with van der Waals surface area (Å²) < 4.78 is 27.1. The van der Waals surface area contributed by atoms with Crippen molar-refractivity contribution in [1.82, 2.24) is 4.90 Å². The summed E-state index contributed by atoms with van der Waals surface area (Å²) in [7, 11) is -2.21. The minimum Gasteiger partial charge on any atom is -0.339 e. The quantitative estimate of drug-likeness (QED) is 0.827. The lowest BCUT2D eigenvalue weighted by molar-refractivity contribution is 0.0697. The summed E-state index contributed by atoms with van der Waals surface area (Å²) in [5, 5.41) is 0. The fraction of sp³-hybridized carbons (Fsp3) is 0.350. The molecule has 5 nitrogen and oxygen atoms in total. The number of para-hydroxylation sites is 1. The van der Waals surface area contributed by atoms with E-state index in [9.17, 15) is 13.2 Å². The lowest BCUT2D eigenvalue weighted by atomic mass is 9.98. The molecule has 1 aliphatic heterocycles. The van der Waals surface area contributed by atoms with Gasteiger partial charge in [0.1, 0.15) is 0 Å². The Kier molecular flexibility index (Phi) is 5.32. The molecule has 0 spiro atoms. The van der Waals surface area contributed by atoms with E-state index < -0.39 is 10.0 Å². The van der Waals surface area contributed by atoms with E-state index in [1.807, 2.05) is 11.0 Å². The zero-order valence-corrected chi connectivity index (χ0v) is 15.9. The third kappa shape index (κ3) is 3.75. The van der Waals surface area contributed by atoms with E-state index in [-0.39, 0.29) is 10.8 Å². The second-order valence-electron chi connectivity index (χ2n) is 6.81. The number of sulfonamides is 1. The first kappa shape index (κ1) is 18.5. The van der Waals surface area contributed by atoms with Crippen LogP contribution in [0.3, 0.4) is 0 Å². The molecular weight excluding hydrogens is 348 g/mol. The molecule has 0 unspecified atom stereocenters. The molecule has 0 aliphatic carbocycles. The van der Waals surface area contributed by atoms with E-state index in [4.69, 9.17) is 0 Å². The number of likely N-dealkylation sites (tertiary alicyclic amines) is 1. The number of piperidine rings is 1. The van der Waals surface area contributed by atoms with Crippen LogP contribution in [0.25, 0.3) is 0 Å². The Balaban J connectivity index is 1.85. The third-order valence-electron chi connectivity index (χ3n) is 4.93. The van der Waals surface area contributed by atoms with Crippen LogP contribution in [0.4, 0.5) is 5.69 Å². The molecule has 3 rings (SSSR count). The first-order valence-corrected chi connectivity index (χ1v) is 10.3. The maximum absolute atomic E-state index is 12.9. The molecule has 26 heavy (non-hydrogen) atoms. The molecule has 2 aromatic rings. The fourth-order valence-corrected chi connectivity index (χ4v) is 4.36. The minimum absolute atomic E-state index is 0.101. The Hall–Kier alpha value is -2.34. The average molecular weight is 372 g/mol. The first-order valence-electron chi connectivity index (χ1n) is 8.83. The molecule has 0 saturated carbocycles. The van der Waals surface area contributed by atoms with Gasteiger partial charge in [-0.05, 0) is 49.1 Å². The second kappa shape index (κ2) is 7.50. The molecule has 1 heterocycles. The van der Waals surface area contributed by atoms with E-state index in [1.165, 1.54) is 23.5 Å². The van der Waals surface area contributed by atoms with E-state index in [0.29, 0.717) is 17.2 Å². The monoisotopic (exact) mass is 372 g/mol. The molecular formula is C20H24N2O3S. The van der Waals surface area contributed by atoms with Crippen LogP contribution in [0.15, 0.2) is 59.5 Å². The van der Waals surface area contributed by atoms with Gasteiger partial charge in [-0.2, -0.15) is 0 Å². The number of hydrogen-bond acceptors (Lipinski definition) is 3. The second-order valence-corrected chi connectivity index (χ2v) is 8.78. The zero-order chi connectivity index (χ0) is 18.7. The van der Waals surface area contributed by atoms with Gasteiger partial charge in [0.25, 0.3) is 15.9 Å². The molecule has 2 aromatic carbocycles. The van der Waals surface area contributed by atoms with Gasteiger partial charge in [-0.1, -0.05) is 31.2 Å². The van der Waals surface area contributed by atoms with Crippen LogP contribution >= 0.6 is 0 Å². The van der Waals surface area contributed by atoms with Gasteiger partial charge in [-0.25, -0.2) is 8.42 Å². The SMILES string of the molecule is CC1CCN(C(=O)c2cccc(S(=O)(=O)N(C)c3ccccc3)c2)CC1. The molecule has 1 aliphatic rings. The molecule has 0 radical (unpaired) electrons. The smallest absolute Gasteiger partial charge is 0.264 e. The molecule has 1 amide bonds. The number of anilines is 1. The molecule has 6 heteroatoms. The van der Waals surface area contributed by atoms with Crippen LogP contribution in [0.5, 0.6) is 0 Å². The highest BCUT2D eigenvalue weighted by atomic mass is 32.2. The molecule has 138 valence electrons. The van der Waals surface area contributed by atoms with Gasteiger partial charge in [0.2, 0.25) is 0 Å². The summed E-state index contributed by atoms with van der Waals surface area (Å²) >= 11 is 0. The molecule has 0 aromatic heterocycles. The highest BCUT2D eigenvalue weighted by Crippen LogP contribution is 2.24. The minimum atomic E-state index is -3.72. The Bertz CT molecular complexity index is 873. The summed E-state index contributed by atoms with van der Waals surface area (Å²) in [5.74, 6) is 0.529. The third-order valence-corrected chi connectivity index (χ3v) is 6.71. The van der Waals surface area contributed by atoms with Gasteiger partial charge < -0.3 is 4.90 Å². The van der Waals surface area contributed by atoms with Crippen molar-refractivity contribution in [1.29, 1.82) is 0 Å². The predicted molar refractivity (Wildman–Crippen MR) is 103 cm³/mol. The molecule has 0 bridgehead atoms. The molecule has 1 fully saturated rings. The van der Waals surface area contributed by atoms with Crippen LogP contribution in [0.1, 0.15) is 30.1 Å². The van der Waals surface area contributed by atoms with Crippen molar-refractivity contribution in [3.05, 3.63) is 60.2 Å². The Labute approximate surface area is 155 Å². The number of amides is 1. The fourth-order valence-electron chi connectivity index (χ4n) is 3.12. The van der Waals surface area contributed by atoms with E-state index in [1.54, 1.807) is 36.4 Å². The van der Waals surface area contributed by atoms with Crippen molar-refractivity contribution in [3.8, 4) is 0 Å². The topological polar surface area (TPSA) is 57.7 Å². The van der Waals surface area contributed by atoms with Crippen LogP contribution < -0.4 is 4.31 Å². The first-order chi connectivity index (χ1) is 12.4. The normalized spacial score (nSPS) is 15.7. The molecule has 0 N–H and O–H groups in total. The highest BCUT2D eigenvalue weighted by molar-refractivity contribution is 7.92. The number of nitrogens with zero attached hydrogens (tertiary/aromatic N) is 2. The lowest BCUT2D eigenvalue weighted by Gasteiger charge is -2.30. The number of benzene rings is 2. The number of carbonyl (C=O) groups is 1. The van der Waals surface area contributed by atoms with Crippen molar-refractivity contribution in [3.63, 3.8) is 0 Å². The van der Waals surface area contributed by atoms with Crippen LogP contribution in [0.2, 0.25) is 0 Å². The number of rotatable bonds is 4. The molecule has 0 atom stereocenters. The van der Waals surface area contributed by atoms with Crippen molar-refractivity contribution in [2.45, 2.75) is 24.7 Å². The van der Waals surface area contributed by atoms with Gasteiger partial charge >= 0.3 is 0 Å². The highest BCUT2D eigenvalue weighted by Gasteiger charge is 2.25. The van der Waals surface area contributed by atoms with Crippen molar-refractivity contribution in [2.24, 2.45) is 5.92 Å². The van der Waals surface area contributed by atoms with Gasteiger partial charge in [0.15, 0.2) is 0 Å². The van der Waals surface area contributed by atoms with Crippen molar-refractivity contribution in [2.75, 3.05) is 24.4 Å². The van der Waals surface area contributed by atoms with E-state index >= 15 is 0 Å². The Morgan fingerprint density at radius 1 is 1.04 bits per heavy atom. The Morgan fingerprint density at radius 3 is 2.35 bits per heavy atom. The summed E-state index contributed by atoms with van der Waals surface area (Å²) in [6.45, 7) is 3.64. The van der Waals surface area contributed by atoms with Gasteiger partial charge in [-0.15, -0.1) is 0 Å². The predicted octanol–water partition coefficient (Wildman–Crippen LogP) is 3.38. The largest absolute Gasteiger partial charge is 0.339 e. The van der Waals surface area contributed by atoms with Gasteiger partial charge in [-0.3, -0.25) is 9.10 Å². The van der Waals surface area contributed by atoms with Gasteiger partial charge in [0.05, 0.1) is 10.6 Å². The van der Waals surface area contributed by atoms with Gasteiger partial charge in [0, 0.05) is 25.7 Å². The van der Waals surface area contributed by atoms with Crippen molar-refractivity contribution < 1.29 is 13.2 Å². The summed E-state index contributed by atoms with van der Waals surface area (Å²) in [5.41, 5.74) is 0.997. The lowest BCUT2D eigenvalue weighted by Crippen LogP contribution is -2.38. The van der Waals surface area contributed by atoms with Crippen molar-refractivity contribution >= 4 is 21.6 Å². The summed E-state index contributed by atoms with van der Waals surface area (Å²) in [6, 6.07) is 15.2. The zero-order valence-electron chi connectivity index (χ0n) is 15.1. The van der Waals surface area contributed by atoms with Crippen LogP contribution in [-0.4, -0.2) is 39.4 Å². The Morgan fingerprint density at radius 2 is 1.69 bits per heavy atom. The standard InChI is InChI=1S/C20H24N2O3S/c1-16-11-13-22(14-12-16)20(23)17-7-6-10-19(15-17)26(24,25)21(2)18-8-4-3-5-9-18/h3-10,15-16H,11-14H2,1-2H3. The molecule has 1 saturated heterocycles.